The smallest absolute Gasteiger partial charge is 0.222 e. The first-order chi connectivity index (χ1) is 2.39. The molecule has 0 aromatic heterocycles. The summed E-state index contributed by atoms with van der Waals surface area (Å²) in [6.45, 7) is 0.641. The Labute approximate surface area is 31.1 Å². The summed E-state index contributed by atoms with van der Waals surface area (Å²) in [5, 5.41) is 0. The number of halogens is 1. The van der Waals surface area contributed by atoms with Crippen LogP contribution in [0.25, 0.3) is 0 Å². The molecule has 0 saturated carbocycles. The second-order valence-electron chi connectivity index (χ2n) is 0.874. The highest BCUT2D eigenvalue weighted by Gasteiger charge is 2.16. The third-order valence-electron chi connectivity index (χ3n) is 0.498. The molecule has 5 heavy (non-hydrogen) atoms. The van der Waals surface area contributed by atoms with Crippen molar-refractivity contribution in [3.05, 3.63) is 0 Å². The number of rotatable bonds is 0. The molecule has 1 fully saturated rings. The molecule has 3 heteroatoms. The van der Waals surface area contributed by atoms with Crippen molar-refractivity contribution in [1.82, 2.24) is 0 Å². The van der Waals surface area contributed by atoms with E-state index in [-0.39, 0.29) is 0 Å². The predicted octanol–water partition coefficient (Wildman–Crippen LogP) is 1.30. The van der Waals surface area contributed by atoms with Crippen molar-refractivity contribution in [1.29, 1.82) is 0 Å². The molecule has 0 spiro atoms. The molecule has 0 bridgehead atoms. The zero-order valence-corrected chi connectivity index (χ0v) is 3.54. The van der Waals surface area contributed by atoms with E-state index < -0.39 is 8.46 Å². The van der Waals surface area contributed by atoms with Gasteiger partial charge in [0, 0.05) is 6.16 Å². The lowest BCUT2D eigenvalue weighted by molar-refractivity contribution is 0.302. The molecule has 0 aromatic carbocycles. The van der Waals surface area contributed by atoms with Gasteiger partial charge < -0.3 is 4.52 Å². The summed E-state index contributed by atoms with van der Waals surface area (Å²) in [4.78, 5) is 0. The molecule has 0 aliphatic carbocycles. The quantitative estimate of drug-likeness (QED) is 0.411. The third-order valence-corrected chi connectivity index (χ3v) is 1.50. The van der Waals surface area contributed by atoms with E-state index >= 15 is 0 Å². The van der Waals surface area contributed by atoms with Gasteiger partial charge in [0.15, 0.2) is 0 Å². The molecule has 0 N–H and O–H groups in total. The molecule has 1 aliphatic heterocycles. The molecule has 1 saturated heterocycles. The highest BCUT2D eigenvalue weighted by atomic mass is 31.2. The van der Waals surface area contributed by atoms with E-state index in [0.29, 0.717) is 12.8 Å². The predicted molar refractivity (Wildman–Crippen MR) is 18.8 cm³/mol. The molecule has 1 aliphatic rings. The summed E-state index contributed by atoms with van der Waals surface area (Å²) in [5.74, 6) is 0. The van der Waals surface area contributed by atoms with Crippen molar-refractivity contribution in [2.45, 2.75) is 0 Å². The minimum atomic E-state index is -1.42. The minimum Gasteiger partial charge on any atom is -0.330 e. The molecular weight excluding hydrogens is 90.0 g/mol. The van der Waals surface area contributed by atoms with Gasteiger partial charge in [0.1, 0.15) is 0 Å². The maximum absolute atomic E-state index is 11.4. The molecule has 1 heterocycles. The van der Waals surface area contributed by atoms with Crippen molar-refractivity contribution in [3.63, 3.8) is 0 Å². The van der Waals surface area contributed by atoms with E-state index in [1.807, 2.05) is 0 Å². The van der Waals surface area contributed by atoms with E-state index in [1.54, 1.807) is 0 Å². The molecule has 0 radical (unpaired) electrons. The zero-order chi connectivity index (χ0) is 3.70. The molecule has 1 unspecified atom stereocenters. The van der Waals surface area contributed by atoms with E-state index in [0.717, 1.165) is 0 Å². The van der Waals surface area contributed by atoms with Crippen molar-refractivity contribution in [2.75, 3.05) is 12.8 Å². The van der Waals surface area contributed by atoms with Crippen LogP contribution in [-0.4, -0.2) is 12.8 Å². The molecular formula is C2H4FOP. The van der Waals surface area contributed by atoms with Crippen LogP contribution in [0, 0.1) is 0 Å². The fraction of sp³-hybridized carbons (Fsp3) is 1.00. The number of hydrogen-bond acceptors (Lipinski definition) is 1. The van der Waals surface area contributed by atoms with Crippen LogP contribution in [0.4, 0.5) is 4.20 Å². The standard InChI is InChI=1S/C2H4FOP/c3-5-2-1-4-5/h1-2H2. The molecule has 30 valence electrons. The van der Waals surface area contributed by atoms with E-state index in [2.05, 4.69) is 4.52 Å². The lowest BCUT2D eigenvalue weighted by Crippen LogP contribution is -2.03. The maximum Gasteiger partial charge on any atom is 0.222 e. The normalized spacial score (nSPS) is 36.6. The Balaban J connectivity index is 2.08. The Morgan fingerprint density at radius 3 is 2.20 bits per heavy atom. The van der Waals surface area contributed by atoms with Gasteiger partial charge in [-0.25, -0.2) is 0 Å². The summed E-state index contributed by atoms with van der Waals surface area (Å²) in [7, 11) is -1.42. The van der Waals surface area contributed by atoms with Crippen LogP contribution in [0.2, 0.25) is 0 Å². The molecule has 1 rings (SSSR count). The fourth-order valence-electron chi connectivity index (χ4n) is 0.160. The van der Waals surface area contributed by atoms with Crippen LogP contribution < -0.4 is 0 Å². The topological polar surface area (TPSA) is 9.23 Å². The second-order valence-corrected chi connectivity index (χ2v) is 2.22. The van der Waals surface area contributed by atoms with Crippen LogP contribution in [-0.2, 0) is 4.52 Å². The van der Waals surface area contributed by atoms with Crippen LogP contribution in [0.5, 0.6) is 0 Å². The maximum atomic E-state index is 11.4. The first-order valence-corrected chi connectivity index (χ1v) is 2.79. The van der Waals surface area contributed by atoms with Crippen molar-refractivity contribution >= 4 is 8.46 Å². The van der Waals surface area contributed by atoms with Gasteiger partial charge >= 0.3 is 0 Å². The summed E-state index contributed by atoms with van der Waals surface area (Å²) >= 11 is 0. The Morgan fingerprint density at radius 1 is 1.80 bits per heavy atom. The zero-order valence-electron chi connectivity index (χ0n) is 2.65. The van der Waals surface area contributed by atoms with E-state index in [1.165, 1.54) is 0 Å². The van der Waals surface area contributed by atoms with Crippen LogP contribution in [0.3, 0.4) is 0 Å². The molecule has 1 atom stereocenters. The average molecular weight is 94.0 g/mol. The molecule has 1 nitrogen and oxygen atoms in total. The largest absolute Gasteiger partial charge is 0.330 e. The van der Waals surface area contributed by atoms with E-state index in [4.69, 9.17) is 0 Å². The third kappa shape index (κ3) is 0.582. The molecule has 0 aromatic rings. The van der Waals surface area contributed by atoms with Crippen LogP contribution >= 0.6 is 8.46 Å². The summed E-state index contributed by atoms with van der Waals surface area (Å²) in [6.07, 6.45) is 0.662. The fourth-order valence-corrected chi connectivity index (χ4v) is 0.481. The van der Waals surface area contributed by atoms with Crippen LogP contribution in [0.15, 0.2) is 0 Å². The van der Waals surface area contributed by atoms with Gasteiger partial charge in [-0.3, -0.25) is 0 Å². The summed E-state index contributed by atoms with van der Waals surface area (Å²) < 4.78 is 15.7. The Kier molecular flexibility index (Phi) is 0.836. The average Bonchev–Trinajstić information content (AvgIpc) is 1.30. The summed E-state index contributed by atoms with van der Waals surface area (Å²) in [6, 6.07) is 0. The van der Waals surface area contributed by atoms with Gasteiger partial charge in [0.2, 0.25) is 8.46 Å². The number of hydrogen-bond donors (Lipinski definition) is 0. The monoisotopic (exact) mass is 94.0 g/mol. The first kappa shape index (κ1) is 3.51. The Morgan fingerprint density at radius 2 is 2.20 bits per heavy atom. The van der Waals surface area contributed by atoms with Gasteiger partial charge in [0.05, 0.1) is 6.61 Å². The Hall–Kier alpha value is 0.320. The summed E-state index contributed by atoms with van der Waals surface area (Å²) in [5.41, 5.74) is 0. The highest BCUT2D eigenvalue weighted by molar-refractivity contribution is 7.48. The Bertz CT molecular complexity index is 36.6. The van der Waals surface area contributed by atoms with Crippen molar-refractivity contribution in [3.8, 4) is 0 Å². The van der Waals surface area contributed by atoms with Gasteiger partial charge in [-0.2, -0.15) is 4.20 Å². The van der Waals surface area contributed by atoms with Crippen molar-refractivity contribution < 1.29 is 8.72 Å². The lowest BCUT2D eigenvalue weighted by Gasteiger charge is -2.14. The van der Waals surface area contributed by atoms with Crippen LogP contribution in [0.1, 0.15) is 0 Å². The van der Waals surface area contributed by atoms with E-state index in [9.17, 15) is 4.20 Å². The SMILES string of the molecule is FP1CCO1. The van der Waals surface area contributed by atoms with Crippen molar-refractivity contribution in [2.24, 2.45) is 0 Å². The van der Waals surface area contributed by atoms with Gasteiger partial charge in [-0.05, 0) is 0 Å². The molecule has 0 amide bonds. The van der Waals surface area contributed by atoms with Gasteiger partial charge in [0.25, 0.3) is 0 Å². The highest BCUT2D eigenvalue weighted by Crippen LogP contribution is 2.45. The van der Waals surface area contributed by atoms with Gasteiger partial charge in [-0.1, -0.05) is 0 Å². The second kappa shape index (κ2) is 1.19. The minimum absolute atomic E-state index is 0.641. The lowest BCUT2D eigenvalue weighted by atomic mass is 10.9. The van der Waals surface area contributed by atoms with Gasteiger partial charge in [-0.15, -0.1) is 0 Å². The first-order valence-electron chi connectivity index (χ1n) is 1.46.